The summed E-state index contributed by atoms with van der Waals surface area (Å²) in [5, 5.41) is 2.79. The van der Waals surface area contributed by atoms with Gasteiger partial charge in [0.2, 0.25) is 0 Å². The predicted octanol–water partition coefficient (Wildman–Crippen LogP) is 3.00. The summed E-state index contributed by atoms with van der Waals surface area (Å²) >= 11 is 0. The van der Waals surface area contributed by atoms with Crippen LogP contribution in [0.4, 0.5) is 5.69 Å². The van der Waals surface area contributed by atoms with E-state index in [2.05, 4.69) is 17.3 Å². The molecule has 1 fully saturated rings. The van der Waals surface area contributed by atoms with Crippen molar-refractivity contribution >= 4 is 42.3 Å². The molecule has 0 saturated carbocycles. The van der Waals surface area contributed by atoms with Crippen LogP contribution in [0, 0.1) is 0 Å². The van der Waals surface area contributed by atoms with E-state index in [-0.39, 0.29) is 49.2 Å². The smallest absolute Gasteiger partial charge is 0.258 e. The van der Waals surface area contributed by atoms with E-state index in [4.69, 9.17) is 10.2 Å². The average Bonchev–Trinajstić information content (AvgIpc) is 3.17. The number of furan rings is 1. The van der Waals surface area contributed by atoms with Crippen molar-refractivity contribution in [2.45, 2.75) is 25.4 Å². The molecule has 2 aromatic rings. The second-order valence-corrected chi connectivity index (χ2v) is 7.01. The summed E-state index contributed by atoms with van der Waals surface area (Å²) in [7, 11) is 3.94. The van der Waals surface area contributed by atoms with Crippen molar-refractivity contribution in [3.05, 3.63) is 53.5 Å². The van der Waals surface area contributed by atoms with Gasteiger partial charge in [0.1, 0.15) is 12.0 Å². The van der Waals surface area contributed by atoms with Gasteiger partial charge in [-0.05, 0) is 56.8 Å². The molecule has 1 unspecified atom stereocenters. The maximum atomic E-state index is 12.7. The van der Waals surface area contributed by atoms with Crippen LogP contribution < -0.4 is 11.1 Å². The second kappa shape index (κ2) is 11.2. The number of nitrogens with two attached hydrogens (primary N) is 1. The van der Waals surface area contributed by atoms with Crippen molar-refractivity contribution in [2.75, 3.05) is 32.5 Å². The fourth-order valence-electron chi connectivity index (χ4n) is 3.33. The molecule has 29 heavy (non-hydrogen) atoms. The summed E-state index contributed by atoms with van der Waals surface area (Å²) in [6.07, 6.45) is 3.51. The number of halogens is 2. The summed E-state index contributed by atoms with van der Waals surface area (Å²) in [6.45, 7) is 2.22. The van der Waals surface area contributed by atoms with Crippen LogP contribution >= 0.6 is 24.8 Å². The van der Waals surface area contributed by atoms with Gasteiger partial charge in [0.15, 0.2) is 0 Å². The quantitative estimate of drug-likeness (QED) is 0.742. The van der Waals surface area contributed by atoms with Crippen LogP contribution in [0.25, 0.3) is 0 Å². The van der Waals surface area contributed by atoms with Crippen LogP contribution in [0.2, 0.25) is 0 Å². The van der Waals surface area contributed by atoms with E-state index >= 15 is 0 Å². The lowest BCUT2D eigenvalue weighted by Crippen LogP contribution is -2.47. The molecule has 0 spiro atoms. The molecule has 1 saturated heterocycles. The summed E-state index contributed by atoms with van der Waals surface area (Å²) in [5.41, 5.74) is 7.12. The molecule has 2 heterocycles. The largest absolute Gasteiger partial charge is 0.467 e. The highest BCUT2D eigenvalue weighted by atomic mass is 35.5. The molecule has 7 nitrogen and oxygen atoms in total. The zero-order valence-electron chi connectivity index (χ0n) is 16.6. The molecule has 160 valence electrons. The average molecular weight is 443 g/mol. The van der Waals surface area contributed by atoms with E-state index in [9.17, 15) is 9.59 Å². The molecule has 2 amide bonds. The third-order valence-electron chi connectivity index (χ3n) is 4.97. The van der Waals surface area contributed by atoms with E-state index in [1.54, 1.807) is 30.3 Å². The Morgan fingerprint density at radius 3 is 2.52 bits per heavy atom. The maximum absolute atomic E-state index is 12.7. The molecule has 1 aromatic carbocycles. The maximum Gasteiger partial charge on any atom is 0.258 e. The van der Waals surface area contributed by atoms with Gasteiger partial charge in [-0.25, -0.2) is 0 Å². The number of hydrogen-bond acceptors (Lipinski definition) is 5. The normalized spacial score (nSPS) is 16.3. The highest BCUT2D eigenvalue weighted by molar-refractivity contribution is 6.04. The van der Waals surface area contributed by atoms with Crippen LogP contribution in [0.15, 0.2) is 41.0 Å². The number of likely N-dealkylation sites (tertiary alicyclic amines) is 1. The van der Waals surface area contributed by atoms with Crippen LogP contribution in [-0.4, -0.2) is 54.8 Å². The number of anilines is 1. The summed E-state index contributed by atoms with van der Waals surface area (Å²) in [6, 6.07) is 8.78. The fraction of sp³-hybridized carbons (Fsp3) is 0.400. The lowest BCUT2D eigenvalue weighted by Gasteiger charge is -2.35. The first-order valence-corrected chi connectivity index (χ1v) is 9.12. The van der Waals surface area contributed by atoms with Crippen LogP contribution in [0.5, 0.6) is 0 Å². The minimum atomic E-state index is -0.278. The Bertz CT molecular complexity index is 810. The standard InChI is InChI=1S/C20H26N4O3.2ClH/c1-23-9-3-4-17(12-23)24(2)20(26)14-5-7-16(8-6-14)22-19(25)15-10-18(11-21)27-13-15;;/h5-8,10,13,17H,3-4,9,11-12,21H2,1-2H3,(H,22,25);2*1H. The van der Waals surface area contributed by atoms with Gasteiger partial charge in [0.25, 0.3) is 11.8 Å². The molecule has 1 aliphatic heterocycles. The molecule has 3 N–H and O–H groups in total. The molecule has 0 aliphatic carbocycles. The number of benzene rings is 1. The molecule has 1 aromatic heterocycles. The van der Waals surface area contributed by atoms with E-state index < -0.39 is 0 Å². The monoisotopic (exact) mass is 442 g/mol. The van der Waals surface area contributed by atoms with Crippen molar-refractivity contribution in [3.8, 4) is 0 Å². The van der Waals surface area contributed by atoms with E-state index in [0.717, 1.165) is 25.9 Å². The molecule has 9 heteroatoms. The van der Waals surface area contributed by atoms with Crippen molar-refractivity contribution in [3.63, 3.8) is 0 Å². The number of nitrogens with zero attached hydrogens (tertiary/aromatic N) is 2. The zero-order valence-corrected chi connectivity index (χ0v) is 18.2. The van der Waals surface area contributed by atoms with Crippen LogP contribution in [-0.2, 0) is 6.54 Å². The van der Waals surface area contributed by atoms with E-state index in [0.29, 0.717) is 22.6 Å². The Morgan fingerprint density at radius 1 is 1.24 bits per heavy atom. The number of hydrogen-bond donors (Lipinski definition) is 2. The number of likely N-dealkylation sites (N-methyl/N-ethyl adjacent to an activating group) is 2. The SMILES string of the molecule is CN1CCCC(N(C)C(=O)c2ccc(NC(=O)c3coc(CN)c3)cc2)C1.Cl.Cl. The molecule has 1 atom stereocenters. The third kappa shape index (κ3) is 6.21. The summed E-state index contributed by atoms with van der Waals surface area (Å²) < 4.78 is 5.18. The van der Waals surface area contributed by atoms with Crippen molar-refractivity contribution < 1.29 is 14.0 Å². The van der Waals surface area contributed by atoms with E-state index in [1.165, 1.54) is 6.26 Å². The Hall–Kier alpha value is -2.06. The highest BCUT2D eigenvalue weighted by Crippen LogP contribution is 2.18. The van der Waals surface area contributed by atoms with Gasteiger partial charge in [-0.2, -0.15) is 0 Å². The lowest BCUT2D eigenvalue weighted by molar-refractivity contribution is 0.0644. The molecular weight excluding hydrogens is 415 g/mol. The predicted molar refractivity (Wildman–Crippen MR) is 118 cm³/mol. The van der Waals surface area contributed by atoms with Gasteiger partial charge in [-0.15, -0.1) is 24.8 Å². The Labute approximate surface area is 183 Å². The van der Waals surface area contributed by atoms with E-state index in [1.807, 2.05) is 11.9 Å². The van der Waals surface area contributed by atoms with Crippen molar-refractivity contribution in [1.29, 1.82) is 0 Å². The van der Waals surface area contributed by atoms with Gasteiger partial charge in [0.05, 0.1) is 12.1 Å². The first kappa shape index (κ1) is 25.0. The Balaban J connectivity index is 0.00000210. The highest BCUT2D eigenvalue weighted by Gasteiger charge is 2.25. The number of carbonyl (C=O) groups is 2. The van der Waals surface area contributed by atoms with Gasteiger partial charge in [0, 0.05) is 30.9 Å². The van der Waals surface area contributed by atoms with Gasteiger partial charge in [-0.3, -0.25) is 9.59 Å². The lowest BCUT2D eigenvalue weighted by atomic mass is 10.0. The Kier molecular flexibility index (Phi) is 9.65. The number of nitrogens with one attached hydrogen (secondary N) is 1. The van der Waals surface area contributed by atoms with Crippen LogP contribution in [0.1, 0.15) is 39.3 Å². The molecule has 3 rings (SSSR count). The molecule has 0 radical (unpaired) electrons. The molecule has 0 bridgehead atoms. The minimum Gasteiger partial charge on any atom is -0.467 e. The first-order chi connectivity index (χ1) is 13.0. The minimum absolute atomic E-state index is 0. The third-order valence-corrected chi connectivity index (χ3v) is 4.97. The van der Waals surface area contributed by atoms with Gasteiger partial charge < -0.3 is 25.3 Å². The Morgan fingerprint density at radius 2 is 1.93 bits per heavy atom. The number of rotatable bonds is 5. The second-order valence-electron chi connectivity index (χ2n) is 7.01. The summed E-state index contributed by atoms with van der Waals surface area (Å²) in [4.78, 5) is 29.0. The topological polar surface area (TPSA) is 91.8 Å². The number of carbonyl (C=O) groups excluding carboxylic acids is 2. The fourth-order valence-corrected chi connectivity index (χ4v) is 3.33. The number of amides is 2. The molecular formula is C20H28Cl2N4O3. The van der Waals surface area contributed by atoms with Gasteiger partial charge >= 0.3 is 0 Å². The van der Waals surface area contributed by atoms with Gasteiger partial charge in [-0.1, -0.05) is 0 Å². The molecule has 1 aliphatic rings. The number of piperidine rings is 1. The zero-order chi connectivity index (χ0) is 19.4. The van der Waals surface area contributed by atoms with Crippen LogP contribution in [0.3, 0.4) is 0 Å². The van der Waals surface area contributed by atoms with Crippen molar-refractivity contribution in [1.82, 2.24) is 9.80 Å². The summed E-state index contributed by atoms with van der Waals surface area (Å²) in [5.74, 6) is 0.271. The first-order valence-electron chi connectivity index (χ1n) is 9.12. The van der Waals surface area contributed by atoms with Crippen molar-refractivity contribution in [2.24, 2.45) is 5.73 Å².